The molecule has 1 aromatic carbocycles. The average molecular weight is 184 g/mol. The second-order valence-electron chi connectivity index (χ2n) is 3.19. The summed E-state index contributed by atoms with van der Waals surface area (Å²) >= 11 is 0. The third-order valence-electron chi connectivity index (χ3n) is 2.27. The summed E-state index contributed by atoms with van der Waals surface area (Å²) in [7, 11) is 0. The molecule has 0 saturated carbocycles. The molecule has 0 aliphatic carbocycles. The van der Waals surface area contributed by atoms with E-state index < -0.39 is 0 Å². The van der Waals surface area contributed by atoms with E-state index >= 15 is 0 Å². The van der Waals surface area contributed by atoms with Crippen LogP contribution in [-0.2, 0) is 0 Å². The van der Waals surface area contributed by atoms with Crippen molar-refractivity contribution in [3.05, 3.63) is 35.0 Å². The highest BCUT2D eigenvalue weighted by molar-refractivity contribution is 5.99. The summed E-state index contributed by atoms with van der Waals surface area (Å²) in [5.74, 6) is 0. The molecule has 0 radical (unpaired) electrons. The summed E-state index contributed by atoms with van der Waals surface area (Å²) < 4.78 is 0. The minimum Gasteiger partial charge on any atom is -0.360 e. The van der Waals surface area contributed by atoms with Gasteiger partial charge in [-0.1, -0.05) is 0 Å². The van der Waals surface area contributed by atoms with E-state index in [2.05, 4.69) is 11.1 Å². The first-order chi connectivity index (χ1) is 6.76. The molecule has 2 aromatic rings. The minimum absolute atomic E-state index is 0.581. The van der Waals surface area contributed by atoms with Crippen molar-refractivity contribution >= 4 is 17.2 Å². The molecular weight excluding hydrogens is 176 g/mol. The quantitative estimate of drug-likeness (QED) is 0.690. The molecule has 0 atom stereocenters. The molecule has 0 unspecified atom stereocenters. The third kappa shape index (κ3) is 1.09. The van der Waals surface area contributed by atoms with Crippen LogP contribution in [0.1, 0.15) is 21.5 Å². The number of benzene rings is 1. The van der Waals surface area contributed by atoms with Gasteiger partial charge in [-0.2, -0.15) is 5.26 Å². The molecule has 68 valence electrons. The fourth-order valence-corrected chi connectivity index (χ4v) is 1.60. The summed E-state index contributed by atoms with van der Waals surface area (Å²) in [5, 5.41) is 9.59. The summed E-state index contributed by atoms with van der Waals surface area (Å²) in [6.07, 6.45) is 2.45. The maximum Gasteiger partial charge on any atom is 0.152 e. The number of carbonyl (C=O) groups is 1. The number of aryl methyl sites for hydroxylation is 1. The van der Waals surface area contributed by atoms with Gasteiger partial charge < -0.3 is 4.98 Å². The van der Waals surface area contributed by atoms with Gasteiger partial charge in [-0.3, -0.25) is 4.79 Å². The van der Waals surface area contributed by atoms with E-state index in [1.807, 2.05) is 6.92 Å². The predicted octanol–water partition coefficient (Wildman–Crippen LogP) is 2.16. The topological polar surface area (TPSA) is 56.6 Å². The Balaban J connectivity index is 2.88. The van der Waals surface area contributed by atoms with E-state index in [1.165, 1.54) is 0 Å². The van der Waals surface area contributed by atoms with Gasteiger partial charge in [0.25, 0.3) is 0 Å². The van der Waals surface area contributed by atoms with Crippen molar-refractivity contribution in [3.8, 4) is 6.07 Å². The summed E-state index contributed by atoms with van der Waals surface area (Å²) in [5.41, 5.74) is 3.08. The molecule has 3 heteroatoms. The average Bonchev–Trinajstić information content (AvgIpc) is 2.61. The van der Waals surface area contributed by atoms with E-state index in [4.69, 9.17) is 5.26 Å². The Bertz CT molecular complexity index is 546. The lowest BCUT2D eigenvalue weighted by atomic mass is 10.1. The largest absolute Gasteiger partial charge is 0.360 e. The number of nitriles is 1. The van der Waals surface area contributed by atoms with Crippen molar-refractivity contribution in [1.29, 1.82) is 5.26 Å². The normalized spacial score (nSPS) is 10.0. The van der Waals surface area contributed by atoms with Crippen LogP contribution in [0.25, 0.3) is 10.9 Å². The maximum absolute atomic E-state index is 10.7. The Morgan fingerprint density at radius 1 is 1.50 bits per heavy atom. The summed E-state index contributed by atoms with van der Waals surface area (Å²) in [4.78, 5) is 13.7. The molecular formula is C11H8N2O. The molecule has 0 aliphatic rings. The molecule has 0 fully saturated rings. The molecule has 3 nitrogen and oxygen atoms in total. The lowest BCUT2D eigenvalue weighted by Gasteiger charge is -1.97. The Hall–Kier alpha value is -2.08. The van der Waals surface area contributed by atoms with Crippen LogP contribution in [0.15, 0.2) is 18.3 Å². The van der Waals surface area contributed by atoms with Crippen molar-refractivity contribution < 1.29 is 4.79 Å². The number of carbonyl (C=O) groups excluding carboxylic acids is 1. The third-order valence-corrected chi connectivity index (χ3v) is 2.27. The number of aromatic amines is 1. The fraction of sp³-hybridized carbons (Fsp3) is 0.0909. The zero-order valence-electron chi connectivity index (χ0n) is 7.66. The number of nitrogens with one attached hydrogen (secondary N) is 1. The lowest BCUT2D eigenvalue weighted by Crippen LogP contribution is -1.82. The smallest absolute Gasteiger partial charge is 0.152 e. The van der Waals surface area contributed by atoms with Crippen LogP contribution in [-0.4, -0.2) is 11.3 Å². The number of H-pyrrole nitrogens is 1. The molecule has 0 amide bonds. The molecule has 2 rings (SSSR count). The van der Waals surface area contributed by atoms with Crippen LogP contribution in [0, 0.1) is 18.3 Å². The van der Waals surface area contributed by atoms with Gasteiger partial charge in [0.05, 0.1) is 11.6 Å². The van der Waals surface area contributed by atoms with E-state index in [0.717, 1.165) is 22.8 Å². The molecule has 1 aromatic heterocycles. The van der Waals surface area contributed by atoms with Crippen molar-refractivity contribution in [2.75, 3.05) is 0 Å². The molecule has 1 N–H and O–H groups in total. The monoisotopic (exact) mass is 184 g/mol. The van der Waals surface area contributed by atoms with Crippen LogP contribution in [0.3, 0.4) is 0 Å². The van der Waals surface area contributed by atoms with Gasteiger partial charge >= 0.3 is 0 Å². The van der Waals surface area contributed by atoms with Crippen molar-refractivity contribution in [1.82, 2.24) is 4.98 Å². The van der Waals surface area contributed by atoms with Crippen LogP contribution < -0.4 is 0 Å². The maximum atomic E-state index is 10.7. The predicted molar refractivity (Wildman–Crippen MR) is 53.1 cm³/mol. The van der Waals surface area contributed by atoms with Gasteiger partial charge in [-0.05, 0) is 24.6 Å². The number of hydrogen-bond donors (Lipinski definition) is 1. The zero-order chi connectivity index (χ0) is 10.1. The minimum atomic E-state index is 0.581. The molecule has 0 spiro atoms. The summed E-state index contributed by atoms with van der Waals surface area (Å²) in [6.45, 7) is 1.91. The summed E-state index contributed by atoms with van der Waals surface area (Å²) in [6, 6.07) is 5.60. The Morgan fingerprint density at radius 2 is 2.29 bits per heavy atom. The Labute approximate surface area is 81.0 Å². The van der Waals surface area contributed by atoms with Gasteiger partial charge in [-0.25, -0.2) is 0 Å². The highest BCUT2D eigenvalue weighted by Crippen LogP contribution is 2.21. The fourth-order valence-electron chi connectivity index (χ4n) is 1.60. The van der Waals surface area contributed by atoms with Gasteiger partial charge in [-0.15, -0.1) is 0 Å². The highest BCUT2D eigenvalue weighted by atomic mass is 16.1. The molecule has 0 bridgehead atoms. The highest BCUT2D eigenvalue weighted by Gasteiger charge is 2.06. The first kappa shape index (κ1) is 8.52. The molecule has 0 saturated heterocycles. The van der Waals surface area contributed by atoms with E-state index in [-0.39, 0.29) is 0 Å². The standard InChI is InChI=1S/C11H8N2O/c1-7-2-8(4-12)3-10-9(6-14)5-13-11(7)10/h2-3,5-6,13H,1H3. The number of hydrogen-bond acceptors (Lipinski definition) is 2. The number of nitrogens with zero attached hydrogens (tertiary/aromatic N) is 1. The molecule has 14 heavy (non-hydrogen) atoms. The Kier molecular flexibility index (Phi) is 1.83. The van der Waals surface area contributed by atoms with E-state index in [0.29, 0.717) is 11.1 Å². The molecule has 1 heterocycles. The van der Waals surface area contributed by atoms with E-state index in [9.17, 15) is 4.79 Å². The number of fused-ring (bicyclic) bond motifs is 1. The number of rotatable bonds is 1. The van der Waals surface area contributed by atoms with Crippen LogP contribution in [0.2, 0.25) is 0 Å². The first-order valence-electron chi connectivity index (χ1n) is 4.23. The lowest BCUT2D eigenvalue weighted by molar-refractivity contribution is 0.112. The second-order valence-corrected chi connectivity index (χ2v) is 3.19. The molecule has 0 aliphatic heterocycles. The Morgan fingerprint density at radius 3 is 2.93 bits per heavy atom. The van der Waals surface area contributed by atoms with Crippen molar-refractivity contribution in [3.63, 3.8) is 0 Å². The first-order valence-corrected chi connectivity index (χ1v) is 4.23. The zero-order valence-corrected chi connectivity index (χ0v) is 7.66. The van der Waals surface area contributed by atoms with Gasteiger partial charge in [0.2, 0.25) is 0 Å². The van der Waals surface area contributed by atoms with Crippen molar-refractivity contribution in [2.45, 2.75) is 6.92 Å². The number of aldehydes is 1. The van der Waals surface area contributed by atoms with Crippen molar-refractivity contribution in [2.24, 2.45) is 0 Å². The van der Waals surface area contributed by atoms with Gasteiger partial charge in [0.1, 0.15) is 0 Å². The SMILES string of the molecule is Cc1cc(C#N)cc2c(C=O)c[nH]c12. The number of aromatic nitrogens is 1. The van der Waals surface area contributed by atoms with Gasteiger partial charge in [0, 0.05) is 22.7 Å². The van der Waals surface area contributed by atoms with Crippen LogP contribution >= 0.6 is 0 Å². The van der Waals surface area contributed by atoms with E-state index in [1.54, 1.807) is 18.3 Å². The van der Waals surface area contributed by atoms with Gasteiger partial charge in [0.15, 0.2) is 6.29 Å². The van der Waals surface area contributed by atoms with Crippen LogP contribution in [0.4, 0.5) is 0 Å². The second kappa shape index (κ2) is 3.00. The van der Waals surface area contributed by atoms with Crippen LogP contribution in [0.5, 0.6) is 0 Å².